The number of carbonyl (C=O) groups is 1. The quantitative estimate of drug-likeness (QED) is 0.135. The Morgan fingerprint density at radius 2 is 1.45 bits per heavy atom. The second-order valence-electron chi connectivity index (χ2n) is 9.51. The average Bonchev–Trinajstić information content (AvgIpc) is 2.96. The van der Waals surface area contributed by atoms with Crippen molar-refractivity contribution in [3.63, 3.8) is 0 Å². The fourth-order valence-corrected chi connectivity index (χ4v) is 5.20. The summed E-state index contributed by atoms with van der Waals surface area (Å²) in [6, 6.07) is 27.5. The van der Waals surface area contributed by atoms with Crippen molar-refractivity contribution in [2.75, 3.05) is 20.8 Å². The molecule has 0 bridgehead atoms. The van der Waals surface area contributed by atoms with Crippen LogP contribution in [0.1, 0.15) is 49.3 Å². The summed E-state index contributed by atoms with van der Waals surface area (Å²) in [5.74, 6) is 1.64. The normalized spacial score (nSPS) is 10.9. The van der Waals surface area contributed by atoms with Crippen LogP contribution in [0.15, 0.2) is 78.9 Å². The fraction of sp³-hybridized carbons (Fsp3) is 0.324. The van der Waals surface area contributed by atoms with Gasteiger partial charge in [-0.3, -0.25) is 4.79 Å². The van der Waals surface area contributed by atoms with Crippen LogP contribution in [0.2, 0.25) is 0 Å². The molecule has 0 atom stereocenters. The third-order valence-corrected chi connectivity index (χ3v) is 7.13. The first-order valence-corrected chi connectivity index (χ1v) is 13.6. The number of fused-ring (bicyclic) bond motifs is 1. The van der Waals surface area contributed by atoms with Crippen molar-refractivity contribution >= 4 is 16.7 Å². The maximum Gasteiger partial charge on any atom is 0.306 e. The zero-order valence-corrected chi connectivity index (χ0v) is 22.8. The van der Waals surface area contributed by atoms with Gasteiger partial charge in [0.1, 0.15) is 11.5 Å². The Balaban J connectivity index is 1.47. The lowest BCUT2D eigenvalue weighted by atomic mass is 9.90. The van der Waals surface area contributed by atoms with E-state index in [0.29, 0.717) is 13.0 Å². The second kappa shape index (κ2) is 13.7. The van der Waals surface area contributed by atoms with Gasteiger partial charge in [0.2, 0.25) is 0 Å². The summed E-state index contributed by atoms with van der Waals surface area (Å²) in [4.78, 5) is 11.8. The summed E-state index contributed by atoms with van der Waals surface area (Å²) >= 11 is 0. The highest BCUT2D eigenvalue weighted by atomic mass is 16.5. The molecule has 0 saturated heterocycles. The molecule has 4 nitrogen and oxygen atoms in total. The second-order valence-corrected chi connectivity index (χ2v) is 9.51. The smallest absolute Gasteiger partial charge is 0.306 e. The molecule has 0 aromatic heterocycles. The van der Waals surface area contributed by atoms with Crippen LogP contribution < -0.4 is 9.47 Å². The van der Waals surface area contributed by atoms with E-state index in [4.69, 9.17) is 14.2 Å². The van der Waals surface area contributed by atoms with Crippen molar-refractivity contribution in [2.45, 2.75) is 51.9 Å². The van der Waals surface area contributed by atoms with Gasteiger partial charge in [0.25, 0.3) is 0 Å². The molecule has 4 rings (SSSR count). The summed E-state index contributed by atoms with van der Waals surface area (Å²) in [5, 5.41) is 2.45. The Labute approximate surface area is 226 Å². The predicted molar refractivity (Wildman–Crippen MR) is 155 cm³/mol. The Morgan fingerprint density at radius 1 is 0.711 bits per heavy atom. The molecule has 0 amide bonds. The van der Waals surface area contributed by atoms with Gasteiger partial charge in [-0.15, -0.1) is 0 Å². The van der Waals surface area contributed by atoms with Gasteiger partial charge in [0.05, 0.1) is 20.8 Å². The van der Waals surface area contributed by atoms with Gasteiger partial charge in [-0.05, 0) is 90.3 Å². The molecule has 4 aromatic carbocycles. The van der Waals surface area contributed by atoms with Gasteiger partial charge in [-0.2, -0.15) is 0 Å². The van der Waals surface area contributed by atoms with Gasteiger partial charge in [-0.1, -0.05) is 67.1 Å². The molecule has 0 fully saturated rings. The summed E-state index contributed by atoms with van der Waals surface area (Å²) < 4.78 is 16.3. The summed E-state index contributed by atoms with van der Waals surface area (Å²) in [6.07, 6.45) is 6.51. The minimum Gasteiger partial charge on any atom is -0.497 e. The average molecular weight is 511 g/mol. The number of ether oxygens (including phenoxy) is 3. The van der Waals surface area contributed by atoms with Crippen LogP contribution >= 0.6 is 0 Å². The fourth-order valence-electron chi connectivity index (χ4n) is 5.20. The molecule has 0 aliphatic rings. The predicted octanol–water partition coefficient (Wildman–Crippen LogP) is 7.98. The zero-order chi connectivity index (χ0) is 26.7. The highest BCUT2D eigenvalue weighted by molar-refractivity contribution is 5.93. The lowest BCUT2D eigenvalue weighted by Crippen LogP contribution is -2.06. The number of aryl methyl sites for hydroxylation is 3. The van der Waals surface area contributed by atoms with Crippen molar-refractivity contribution in [2.24, 2.45) is 0 Å². The molecular weight excluding hydrogens is 472 g/mol. The number of unbranched alkanes of at least 4 members (excludes halogenated alkanes) is 2. The van der Waals surface area contributed by atoms with E-state index in [9.17, 15) is 4.79 Å². The minimum absolute atomic E-state index is 0.124. The van der Waals surface area contributed by atoms with Gasteiger partial charge < -0.3 is 14.2 Å². The van der Waals surface area contributed by atoms with E-state index in [-0.39, 0.29) is 5.97 Å². The van der Waals surface area contributed by atoms with Crippen molar-refractivity contribution in [1.82, 2.24) is 0 Å². The van der Waals surface area contributed by atoms with Gasteiger partial charge >= 0.3 is 5.97 Å². The molecule has 4 heteroatoms. The van der Waals surface area contributed by atoms with Crippen molar-refractivity contribution in [3.05, 3.63) is 95.6 Å². The zero-order valence-electron chi connectivity index (χ0n) is 22.8. The molecular formula is C34H38O4. The third-order valence-electron chi connectivity index (χ3n) is 7.13. The molecule has 0 heterocycles. The SMILES string of the molecule is CCOC(=O)CCc1ccccc1CCCCCc1c(-c2ccccc2OC)ccc2cc(OC)ccc12. The van der Waals surface area contributed by atoms with E-state index < -0.39 is 0 Å². The van der Waals surface area contributed by atoms with Crippen LogP contribution in [0.3, 0.4) is 0 Å². The molecule has 0 aliphatic heterocycles. The van der Waals surface area contributed by atoms with Crippen LogP contribution in [-0.4, -0.2) is 26.8 Å². The number of benzene rings is 4. The molecule has 198 valence electrons. The minimum atomic E-state index is -0.124. The van der Waals surface area contributed by atoms with E-state index in [1.807, 2.05) is 25.1 Å². The molecule has 0 unspecified atom stereocenters. The Kier molecular flexibility index (Phi) is 9.80. The summed E-state index contributed by atoms with van der Waals surface area (Å²) in [6.45, 7) is 2.28. The number of carbonyl (C=O) groups excluding carboxylic acids is 1. The largest absolute Gasteiger partial charge is 0.497 e. The van der Waals surface area contributed by atoms with E-state index in [1.165, 1.54) is 33.0 Å². The molecule has 4 aromatic rings. The van der Waals surface area contributed by atoms with Crippen LogP contribution in [0.5, 0.6) is 11.5 Å². The lowest BCUT2D eigenvalue weighted by Gasteiger charge is -2.16. The van der Waals surface area contributed by atoms with Crippen LogP contribution in [0.4, 0.5) is 0 Å². The topological polar surface area (TPSA) is 44.8 Å². The first-order valence-electron chi connectivity index (χ1n) is 13.6. The maximum absolute atomic E-state index is 11.8. The first-order chi connectivity index (χ1) is 18.6. The molecule has 0 spiro atoms. The third kappa shape index (κ3) is 6.74. The van der Waals surface area contributed by atoms with Gasteiger partial charge in [0, 0.05) is 12.0 Å². The first kappa shape index (κ1) is 27.3. The molecule has 38 heavy (non-hydrogen) atoms. The highest BCUT2D eigenvalue weighted by Crippen LogP contribution is 2.37. The number of hydrogen-bond donors (Lipinski definition) is 0. The van der Waals surface area contributed by atoms with Gasteiger partial charge in [-0.25, -0.2) is 0 Å². The Bertz CT molecular complexity index is 1360. The number of para-hydroxylation sites is 1. The van der Waals surface area contributed by atoms with Gasteiger partial charge in [0.15, 0.2) is 0 Å². The number of methoxy groups -OCH3 is 2. The molecule has 0 N–H and O–H groups in total. The maximum atomic E-state index is 11.8. The lowest BCUT2D eigenvalue weighted by molar-refractivity contribution is -0.143. The van der Waals surface area contributed by atoms with E-state index in [0.717, 1.165) is 55.6 Å². The molecule has 0 saturated carbocycles. The standard InChI is InChI=1S/C34H38O4/c1-4-38-34(35)23-19-26-14-9-8-13-25(26)12-6-5-7-15-30-29-22-20-28(36-2)24-27(29)18-21-31(30)32-16-10-11-17-33(32)37-3/h8-11,13-14,16-18,20-22,24H,4-7,12,15,19,23H2,1-3H3. The van der Waals surface area contributed by atoms with Crippen molar-refractivity contribution in [1.29, 1.82) is 0 Å². The van der Waals surface area contributed by atoms with Crippen molar-refractivity contribution in [3.8, 4) is 22.6 Å². The van der Waals surface area contributed by atoms with Crippen molar-refractivity contribution < 1.29 is 19.0 Å². The highest BCUT2D eigenvalue weighted by Gasteiger charge is 2.14. The van der Waals surface area contributed by atoms with E-state index >= 15 is 0 Å². The van der Waals surface area contributed by atoms with Crippen LogP contribution in [0.25, 0.3) is 21.9 Å². The van der Waals surface area contributed by atoms with Crippen LogP contribution in [-0.2, 0) is 28.8 Å². The molecule has 0 aliphatic carbocycles. The summed E-state index contributed by atoms with van der Waals surface area (Å²) in [5.41, 5.74) is 6.29. The number of rotatable bonds is 13. The number of esters is 1. The summed E-state index contributed by atoms with van der Waals surface area (Å²) in [7, 11) is 3.44. The monoisotopic (exact) mass is 510 g/mol. The van der Waals surface area contributed by atoms with E-state index in [1.54, 1.807) is 14.2 Å². The van der Waals surface area contributed by atoms with Crippen LogP contribution in [0, 0.1) is 0 Å². The Hall–Kier alpha value is -3.79. The molecule has 0 radical (unpaired) electrons. The number of hydrogen-bond acceptors (Lipinski definition) is 4. The van der Waals surface area contributed by atoms with E-state index in [2.05, 4.69) is 60.7 Å². The Morgan fingerprint density at radius 3 is 2.21 bits per heavy atom.